The number of carbonyl (C=O) groups excluding carboxylic acids is 2. The van der Waals surface area contributed by atoms with Gasteiger partial charge < -0.3 is 0 Å². The fraction of sp³-hybridized carbons (Fsp3) is 0.857. The van der Waals surface area contributed by atoms with Gasteiger partial charge in [0.25, 0.3) is 0 Å². The summed E-state index contributed by atoms with van der Waals surface area (Å²) in [7, 11) is 0. The Morgan fingerprint density at radius 1 is 1.13 bits per heavy atom. The van der Waals surface area contributed by atoms with Crippen molar-refractivity contribution in [3.63, 3.8) is 0 Å². The van der Waals surface area contributed by atoms with Crippen LogP contribution in [0.25, 0.3) is 0 Å². The van der Waals surface area contributed by atoms with E-state index in [1.165, 1.54) is 38.5 Å². The molecule has 0 bridgehead atoms. The van der Waals surface area contributed by atoms with Gasteiger partial charge >= 0.3 is 0 Å². The third kappa shape index (κ3) is 2.05. The van der Waals surface area contributed by atoms with Crippen molar-refractivity contribution in [1.82, 2.24) is 0 Å². The second-order valence-corrected chi connectivity index (χ2v) is 9.48. The Hall–Kier alpha value is -0.660. The zero-order valence-electron chi connectivity index (χ0n) is 14.9. The molecule has 1 unspecified atom stereocenters. The summed E-state index contributed by atoms with van der Waals surface area (Å²) in [6, 6.07) is 0. The van der Waals surface area contributed by atoms with E-state index in [-0.39, 0.29) is 22.7 Å². The maximum absolute atomic E-state index is 13.3. The van der Waals surface area contributed by atoms with Gasteiger partial charge in [-0.05, 0) is 86.9 Å². The summed E-state index contributed by atoms with van der Waals surface area (Å²) in [5, 5.41) is 0. The maximum atomic E-state index is 13.3. The lowest BCUT2D eigenvalue weighted by Gasteiger charge is -2.59. The highest BCUT2D eigenvalue weighted by Gasteiger charge is 2.63. The van der Waals surface area contributed by atoms with Crippen molar-refractivity contribution in [2.24, 2.45) is 40.4 Å². The Morgan fingerprint density at radius 2 is 1.91 bits per heavy atom. The average molecular weight is 315 g/mol. The quantitative estimate of drug-likeness (QED) is 0.707. The number of hydrogen-bond donors (Lipinski definition) is 0. The monoisotopic (exact) mass is 315 g/mol. The number of hydrogen-bond acceptors (Lipinski definition) is 2. The SMILES string of the molecule is CC(=O)[C@H]1CC[C@H]2[C@@H]3CCC4C[CH]CC[C@]4(C)[C@H]3C(=O)C[C@]12C. The number of fused-ring (bicyclic) bond motifs is 5. The molecule has 0 N–H and O–H groups in total. The van der Waals surface area contributed by atoms with Crippen LogP contribution in [0.2, 0.25) is 0 Å². The van der Waals surface area contributed by atoms with E-state index in [0.29, 0.717) is 29.8 Å². The van der Waals surface area contributed by atoms with Crippen LogP contribution >= 0.6 is 0 Å². The van der Waals surface area contributed by atoms with Crippen molar-refractivity contribution in [3.8, 4) is 0 Å². The highest BCUT2D eigenvalue weighted by atomic mass is 16.1. The van der Waals surface area contributed by atoms with E-state index in [0.717, 1.165) is 12.3 Å². The molecule has 7 atom stereocenters. The fourth-order valence-electron chi connectivity index (χ4n) is 7.53. The van der Waals surface area contributed by atoms with Gasteiger partial charge in [0.05, 0.1) is 0 Å². The molecule has 4 saturated carbocycles. The summed E-state index contributed by atoms with van der Waals surface area (Å²) in [5.74, 6) is 3.08. The lowest BCUT2D eigenvalue weighted by atomic mass is 9.44. The van der Waals surface area contributed by atoms with Gasteiger partial charge in [-0.25, -0.2) is 0 Å². The topological polar surface area (TPSA) is 34.1 Å². The fourth-order valence-corrected chi connectivity index (χ4v) is 7.53. The zero-order chi connectivity index (χ0) is 16.4. The van der Waals surface area contributed by atoms with E-state index in [9.17, 15) is 9.59 Å². The molecule has 23 heavy (non-hydrogen) atoms. The Morgan fingerprint density at radius 3 is 2.65 bits per heavy atom. The van der Waals surface area contributed by atoms with E-state index >= 15 is 0 Å². The van der Waals surface area contributed by atoms with Crippen LogP contribution in [0.15, 0.2) is 0 Å². The second kappa shape index (κ2) is 5.17. The summed E-state index contributed by atoms with van der Waals surface area (Å²) in [5.41, 5.74) is 0.179. The number of Topliss-reactive ketones (excluding diaryl/α,β-unsaturated/α-hetero) is 2. The largest absolute Gasteiger partial charge is 0.300 e. The summed E-state index contributed by atoms with van der Waals surface area (Å²) < 4.78 is 0. The van der Waals surface area contributed by atoms with Gasteiger partial charge in [0.15, 0.2) is 0 Å². The van der Waals surface area contributed by atoms with E-state index in [1.807, 2.05) is 0 Å². The van der Waals surface area contributed by atoms with Gasteiger partial charge in [-0.15, -0.1) is 0 Å². The lowest BCUT2D eigenvalue weighted by Crippen LogP contribution is -2.57. The minimum atomic E-state index is -0.0475. The first-order valence-corrected chi connectivity index (χ1v) is 9.73. The Kier molecular flexibility index (Phi) is 3.56. The molecule has 4 aliphatic rings. The van der Waals surface area contributed by atoms with E-state index < -0.39 is 0 Å². The first-order chi connectivity index (χ1) is 10.9. The standard InChI is InChI=1S/C21H31O2/c1-13(22)16-9-10-17-15-8-7-14-6-4-5-11-20(14,2)19(15)18(23)12-21(16,17)3/h4,14-17,19H,5-12H2,1-3H3/t14?,15-,16+,17-,19+,20-,21+/m0/s1. The van der Waals surface area contributed by atoms with Crippen molar-refractivity contribution in [2.75, 3.05) is 0 Å². The third-order valence-electron chi connectivity index (χ3n) is 8.58. The number of carbonyl (C=O) groups is 2. The summed E-state index contributed by atoms with van der Waals surface area (Å²) >= 11 is 0. The minimum Gasteiger partial charge on any atom is -0.300 e. The molecule has 1 radical (unpaired) electrons. The predicted molar refractivity (Wildman–Crippen MR) is 90.6 cm³/mol. The third-order valence-corrected chi connectivity index (χ3v) is 8.58. The van der Waals surface area contributed by atoms with E-state index in [2.05, 4.69) is 20.3 Å². The maximum Gasteiger partial charge on any atom is 0.137 e. The summed E-state index contributed by atoms with van der Waals surface area (Å²) in [4.78, 5) is 25.4. The molecule has 0 heterocycles. The normalized spacial score (nSPS) is 52.5. The Labute approximate surface area is 140 Å². The molecule has 127 valence electrons. The summed E-state index contributed by atoms with van der Waals surface area (Å²) in [6.07, 6.45) is 11.4. The molecule has 0 spiro atoms. The van der Waals surface area contributed by atoms with E-state index in [1.54, 1.807) is 6.92 Å². The molecule has 4 aliphatic carbocycles. The van der Waals surface area contributed by atoms with Crippen molar-refractivity contribution >= 4 is 11.6 Å². The Balaban J connectivity index is 1.70. The van der Waals surface area contributed by atoms with Gasteiger partial charge in [0.1, 0.15) is 11.6 Å². The van der Waals surface area contributed by atoms with Gasteiger partial charge in [0.2, 0.25) is 0 Å². The van der Waals surface area contributed by atoms with Gasteiger partial charge in [-0.3, -0.25) is 9.59 Å². The molecule has 2 heteroatoms. The first kappa shape index (κ1) is 15.8. The zero-order valence-corrected chi connectivity index (χ0v) is 14.9. The Bertz CT molecular complexity index is 538. The van der Waals surface area contributed by atoms with Crippen LogP contribution in [0.3, 0.4) is 0 Å². The predicted octanol–water partition coefficient (Wildman–Crippen LogP) is 4.62. The smallest absolute Gasteiger partial charge is 0.137 e. The number of ketones is 2. The molecule has 0 amide bonds. The van der Waals surface area contributed by atoms with Gasteiger partial charge in [0, 0.05) is 18.3 Å². The van der Waals surface area contributed by atoms with Crippen LogP contribution < -0.4 is 0 Å². The first-order valence-electron chi connectivity index (χ1n) is 9.73. The van der Waals surface area contributed by atoms with Gasteiger partial charge in [-0.2, -0.15) is 0 Å². The minimum absolute atomic E-state index is 0.0475. The molecule has 0 aromatic rings. The van der Waals surface area contributed by atoms with Crippen molar-refractivity contribution in [1.29, 1.82) is 0 Å². The van der Waals surface area contributed by atoms with Crippen LogP contribution in [0.1, 0.15) is 72.1 Å². The van der Waals surface area contributed by atoms with E-state index in [4.69, 9.17) is 0 Å². The molecule has 0 aromatic heterocycles. The summed E-state index contributed by atoms with van der Waals surface area (Å²) in [6.45, 7) is 6.41. The second-order valence-electron chi connectivity index (χ2n) is 9.48. The molecular weight excluding hydrogens is 284 g/mol. The van der Waals surface area contributed by atoms with Crippen molar-refractivity contribution in [3.05, 3.63) is 6.42 Å². The molecular formula is C21H31O2. The van der Waals surface area contributed by atoms with Crippen LogP contribution in [-0.2, 0) is 9.59 Å². The van der Waals surface area contributed by atoms with Crippen molar-refractivity contribution in [2.45, 2.75) is 72.1 Å². The average Bonchev–Trinajstić information content (AvgIpc) is 2.82. The molecule has 0 aliphatic heterocycles. The number of rotatable bonds is 1. The van der Waals surface area contributed by atoms with Crippen LogP contribution in [-0.4, -0.2) is 11.6 Å². The van der Waals surface area contributed by atoms with Crippen molar-refractivity contribution < 1.29 is 9.59 Å². The van der Waals surface area contributed by atoms with Crippen LogP contribution in [0, 0.1) is 46.8 Å². The van der Waals surface area contributed by atoms with Crippen LogP contribution in [0.4, 0.5) is 0 Å². The highest BCUT2D eigenvalue weighted by Crippen LogP contribution is 2.66. The van der Waals surface area contributed by atoms with Gasteiger partial charge in [-0.1, -0.05) is 13.8 Å². The van der Waals surface area contributed by atoms with Crippen LogP contribution in [0.5, 0.6) is 0 Å². The lowest BCUT2D eigenvalue weighted by molar-refractivity contribution is -0.157. The molecule has 2 nitrogen and oxygen atoms in total. The molecule has 0 saturated heterocycles. The molecule has 4 fully saturated rings. The molecule has 4 rings (SSSR count). The molecule has 0 aromatic carbocycles. The highest BCUT2D eigenvalue weighted by molar-refractivity contribution is 5.87.